The molecule has 0 aliphatic carbocycles. The zero-order valence-corrected chi connectivity index (χ0v) is 18.7. The predicted octanol–water partition coefficient (Wildman–Crippen LogP) is 4.60. The average molecular weight is 438 g/mol. The lowest BCUT2D eigenvalue weighted by Crippen LogP contribution is -2.29. The first-order valence-corrected chi connectivity index (χ1v) is 11.4. The van der Waals surface area contributed by atoms with Crippen LogP contribution in [0.25, 0.3) is 10.9 Å². The molecule has 0 spiro atoms. The van der Waals surface area contributed by atoms with Crippen LogP contribution in [-0.4, -0.2) is 32.3 Å². The summed E-state index contributed by atoms with van der Waals surface area (Å²) in [5.74, 6) is 0.552. The number of aromatic nitrogens is 3. The van der Waals surface area contributed by atoms with Gasteiger partial charge in [0.2, 0.25) is 0 Å². The fourth-order valence-corrected chi connectivity index (χ4v) is 4.63. The molecule has 0 radical (unpaired) electrons. The van der Waals surface area contributed by atoms with E-state index < -0.39 is 0 Å². The van der Waals surface area contributed by atoms with Crippen LogP contribution in [-0.2, 0) is 13.1 Å². The minimum absolute atomic E-state index is 0.0724. The molecule has 0 bridgehead atoms. The van der Waals surface area contributed by atoms with E-state index in [0.717, 1.165) is 48.1 Å². The molecule has 6 heteroatoms. The Kier molecular flexibility index (Phi) is 6.09. The molecular formula is C27H27N5O. The lowest BCUT2D eigenvalue weighted by atomic mass is 10.0. The van der Waals surface area contributed by atoms with Crippen LogP contribution < -0.4 is 5.32 Å². The average Bonchev–Trinajstić information content (AvgIpc) is 3.31. The predicted molar refractivity (Wildman–Crippen MR) is 129 cm³/mol. The Morgan fingerprint density at radius 1 is 1.06 bits per heavy atom. The third-order valence-electron chi connectivity index (χ3n) is 6.25. The number of nitrogens with one attached hydrogen (secondary N) is 1. The van der Waals surface area contributed by atoms with Crippen molar-refractivity contribution in [2.75, 3.05) is 6.54 Å². The van der Waals surface area contributed by atoms with Crippen molar-refractivity contribution in [3.63, 3.8) is 0 Å². The van der Waals surface area contributed by atoms with Crippen LogP contribution in [0.15, 0.2) is 73.1 Å². The number of likely N-dealkylation sites (tertiary alicyclic amines) is 1. The van der Waals surface area contributed by atoms with Crippen LogP contribution in [0.2, 0.25) is 0 Å². The Balaban J connectivity index is 1.40. The van der Waals surface area contributed by atoms with E-state index in [2.05, 4.69) is 44.5 Å². The number of carbonyl (C=O) groups excluding carboxylic acids is 1. The molecule has 1 fully saturated rings. The third kappa shape index (κ3) is 4.61. The van der Waals surface area contributed by atoms with Crippen LogP contribution in [0.4, 0.5) is 0 Å². The van der Waals surface area contributed by atoms with Crippen molar-refractivity contribution in [1.82, 2.24) is 25.2 Å². The van der Waals surface area contributed by atoms with E-state index in [1.54, 1.807) is 6.20 Å². The molecule has 5 rings (SSSR count). The Labute approximate surface area is 193 Å². The Hall–Kier alpha value is -3.64. The van der Waals surface area contributed by atoms with Gasteiger partial charge in [-0.2, -0.15) is 0 Å². The largest absolute Gasteiger partial charge is 0.348 e. The van der Waals surface area contributed by atoms with E-state index in [9.17, 15) is 4.79 Å². The van der Waals surface area contributed by atoms with Crippen molar-refractivity contribution < 1.29 is 4.79 Å². The van der Waals surface area contributed by atoms with Crippen LogP contribution in [0.1, 0.15) is 51.9 Å². The molecule has 166 valence electrons. The highest BCUT2D eigenvalue weighted by molar-refractivity contribution is 5.95. The van der Waals surface area contributed by atoms with Crippen molar-refractivity contribution in [1.29, 1.82) is 0 Å². The van der Waals surface area contributed by atoms with Gasteiger partial charge in [0, 0.05) is 30.9 Å². The van der Waals surface area contributed by atoms with Gasteiger partial charge in [-0.25, -0.2) is 9.97 Å². The second-order valence-corrected chi connectivity index (χ2v) is 8.51. The number of fused-ring (bicyclic) bond motifs is 1. The summed E-state index contributed by atoms with van der Waals surface area (Å²) in [6.07, 6.45) is 5.55. The molecule has 3 heterocycles. The van der Waals surface area contributed by atoms with E-state index in [-0.39, 0.29) is 11.9 Å². The van der Waals surface area contributed by atoms with Gasteiger partial charge in [-0.1, -0.05) is 54.6 Å². The number of rotatable bonds is 6. The van der Waals surface area contributed by atoms with Crippen LogP contribution in [0.3, 0.4) is 0 Å². The molecule has 2 aromatic heterocycles. The summed E-state index contributed by atoms with van der Waals surface area (Å²) < 4.78 is 0. The monoisotopic (exact) mass is 437 g/mol. The highest BCUT2D eigenvalue weighted by Gasteiger charge is 2.31. The van der Waals surface area contributed by atoms with Gasteiger partial charge in [0.25, 0.3) is 5.91 Å². The van der Waals surface area contributed by atoms with Gasteiger partial charge in [0.05, 0.1) is 22.8 Å². The van der Waals surface area contributed by atoms with Gasteiger partial charge in [0.15, 0.2) is 0 Å². The summed E-state index contributed by atoms with van der Waals surface area (Å²) in [6, 6.07) is 20.4. The Morgan fingerprint density at radius 3 is 2.79 bits per heavy atom. The number of carbonyl (C=O) groups is 1. The molecule has 1 aliphatic heterocycles. The summed E-state index contributed by atoms with van der Waals surface area (Å²) in [4.78, 5) is 29.3. The number of para-hydroxylation sites is 1. The van der Waals surface area contributed by atoms with Crippen LogP contribution in [0.5, 0.6) is 0 Å². The van der Waals surface area contributed by atoms with Crippen LogP contribution in [0, 0.1) is 6.92 Å². The number of nitrogens with zero attached hydrogens (tertiary/aromatic N) is 4. The van der Waals surface area contributed by atoms with E-state index in [4.69, 9.17) is 4.98 Å². The summed E-state index contributed by atoms with van der Waals surface area (Å²) in [6.45, 7) is 4.08. The summed E-state index contributed by atoms with van der Waals surface area (Å²) in [5.41, 5.74) is 4.67. The second-order valence-electron chi connectivity index (χ2n) is 8.51. The number of pyridine rings is 1. The molecule has 1 N–H and O–H groups in total. The molecule has 1 atom stereocenters. The number of amides is 1. The van der Waals surface area contributed by atoms with E-state index >= 15 is 0 Å². The van der Waals surface area contributed by atoms with Crippen molar-refractivity contribution in [3.05, 3.63) is 101 Å². The first-order valence-electron chi connectivity index (χ1n) is 11.4. The first-order chi connectivity index (χ1) is 16.2. The molecule has 33 heavy (non-hydrogen) atoms. The summed E-state index contributed by atoms with van der Waals surface area (Å²) in [5, 5.41) is 4.18. The fourth-order valence-electron chi connectivity index (χ4n) is 4.63. The third-order valence-corrected chi connectivity index (χ3v) is 6.25. The fraction of sp³-hybridized carbons (Fsp3) is 0.259. The maximum atomic E-state index is 13.1. The smallest absolute Gasteiger partial charge is 0.255 e. The molecular weight excluding hydrogens is 410 g/mol. The SMILES string of the molecule is Cc1ncc(C(=O)NCc2ccccc2)c([C@H]2CCCN2Cc2cccc3cccnc23)n1. The molecule has 0 saturated carbocycles. The van der Waals surface area contributed by atoms with Gasteiger partial charge < -0.3 is 5.32 Å². The molecule has 4 aromatic rings. The van der Waals surface area contributed by atoms with E-state index in [1.165, 1.54) is 5.56 Å². The number of aryl methyl sites for hydroxylation is 1. The lowest BCUT2D eigenvalue weighted by Gasteiger charge is -2.26. The van der Waals surface area contributed by atoms with Gasteiger partial charge in [-0.15, -0.1) is 0 Å². The molecule has 1 saturated heterocycles. The second kappa shape index (κ2) is 9.46. The number of hydrogen-bond acceptors (Lipinski definition) is 5. The van der Waals surface area contributed by atoms with Crippen molar-refractivity contribution >= 4 is 16.8 Å². The van der Waals surface area contributed by atoms with Gasteiger partial charge in [-0.05, 0) is 43.5 Å². The maximum Gasteiger partial charge on any atom is 0.255 e. The van der Waals surface area contributed by atoms with Crippen molar-refractivity contribution in [3.8, 4) is 0 Å². The molecule has 1 amide bonds. The topological polar surface area (TPSA) is 71.0 Å². The molecule has 1 aliphatic rings. The minimum atomic E-state index is -0.132. The van der Waals surface area contributed by atoms with Crippen molar-refractivity contribution in [2.45, 2.75) is 38.9 Å². The standard InChI is InChI=1S/C27H27N5O/c1-19-29-17-23(27(33)30-16-20-8-3-2-4-9-20)26(31-19)24-13-7-15-32(24)18-22-11-5-10-21-12-6-14-28-25(21)22/h2-6,8-12,14,17,24H,7,13,15-16,18H2,1H3,(H,30,33)/t24-/m1/s1. The molecule has 0 unspecified atom stereocenters. The van der Waals surface area contributed by atoms with Gasteiger partial charge in [-0.3, -0.25) is 14.7 Å². The summed E-state index contributed by atoms with van der Waals surface area (Å²) in [7, 11) is 0. The van der Waals surface area contributed by atoms with E-state index in [0.29, 0.717) is 17.9 Å². The molecule has 6 nitrogen and oxygen atoms in total. The highest BCUT2D eigenvalue weighted by atomic mass is 16.1. The highest BCUT2D eigenvalue weighted by Crippen LogP contribution is 2.34. The van der Waals surface area contributed by atoms with Gasteiger partial charge >= 0.3 is 0 Å². The Morgan fingerprint density at radius 2 is 1.91 bits per heavy atom. The summed E-state index contributed by atoms with van der Waals surface area (Å²) >= 11 is 0. The zero-order valence-electron chi connectivity index (χ0n) is 18.7. The van der Waals surface area contributed by atoms with Gasteiger partial charge in [0.1, 0.15) is 5.82 Å². The lowest BCUT2D eigenvalue weighted by molar-refractivity contribution is 0.0946. The Bertz CT molecular complexity index is 1270. The normalized spacial score (nSPS) is 16.2. The number of benzene rings is 2. The van der Waals surface area contributed by atoms with Crippen LogP contribution >= 0.6 is 0 Å². The maximum absolute atomic E-state index is 13.1. The minimum Gasteiger partial charge on any atom is -0.348 e. The van der Waals surface area contributed by atoms with E-state index in [1.807, 2.05) is 49.5 Å². The number of hydrogen-bond donors (Lipinski definition) is 1. The quantitative estimate of drug-likeness (QED) is 0.477. The first kappa shape index (κ1) is 21.2. The van der Waals surface area contributed by atoms with Crippen molar-refractivity contribution in [2.24, 2.45) is 0 Å². The zero-order chi connectivity index (χ0) is 22.6. The molecule has 2 aromatic carbocycles.